The van der Waals surface area contributed by atoms with Crippen molar-refractivity contribution in [3.8, 4) is 11.1 Å². The lowest BCUT2D eigenvalue weighted by Gasteiger charge is -2.38. The van der Waals surface area contributed by atoms with Crippen LogP contribution in [0.4, 0.5) is 5.95 Å². The van der Waals surface area contributed by atoms with E-state index >= 15 is 0 Å². The van der Waals surface area contributed by atoms with Gasteiger partial charge in [0.2, 0.25) is 5.95 Å². The summed E-state index contributed by atoms with van der Waals surface area (Å²) in [4.78, 5) is 16.8. The molecule has 6 heterocycles. The molecule has 3 fully saturated rings. The number of hydrogen-bond donors (Lipinski definition) is 1. The average molecular weight is 517 g/mol. The Morgan fingerprint density at radius 2 is 1.66 bits per heavy atom. The van der Waals surface area contributed by atoms with Gasteiger partial charge in [0.05, 0.1) is 30.4 Å². The van der Waals surface area contributed by atoms with Crippen LogP contribution < -0.4 is 5.32 Å². The first-order valence-electron chi connectivity index (χ1n) is 14.1. The summed E-state index contributed by atoms with van der Waals surface area (Å²) in [6.07, 6.45) is 12.6. The SMILES string of the molecule is Cc1nc2ncc(-c3ccn4nc(N[C@H]5CC[C@@H](N6CCOCC6)CC5)ncc34)cc2n1C1CCOCC1. The number of imidazole rings is 1. The van der Waals surface area contributed by atoms with Gasteiger partial charge in [0.15, 0.2) is 5.65 Å². The van der Waals surface area contributed by atoms with E-state index in [1.54, 1.807) is 0 Å². The third-order valence-corrected chi connectivity index (χ3v) is 8.60. The van der Waals surface area contributed by atoms with E-state index in [-0.39, 0.29) is 0 Å². The van der Waals surface area contributed by atoms with E-state index in [9.17, 15) is 0 Å². The molecule has 2 saturated heterocycles. The second-order valence-electron chi connectivity index (χ2n) is 10.9. The van der Waals surface area contributed by atoms with Gasteiger partial charge in [-0.1, -0.05) is 0 Å². The lowest BCUT2D eigenvalue weighted by molar-refractivity contribution is 0.00790. The van der Waals surface area contributed by atoms with E-state index in [1.807, 2.05) is 23.1 Å². The van der Waals surface area contributed by atoms with Crippen molar-refractivity contribution in [1.29, 1.82) is 0 Å². The first-order valence-corrected chi connectivity index (χ1v) is 14.1. The third kappa shape index (κ3) is 4.54. The molecule has 38 heavy (non-hydrogen) atoms. The Morgan fingerprint density at radius 1 is 0.868 bits per heavy atom. The summed E-state index contributed by atoms with van der Waals surface area (Å²) in [6, 6.07) is 5.82. The minimum Gasteiger partial charge on any atom is -0.381 e. The summed E-state index contributed by atoms with van der Waals surface area (Å²) in [7, 11) is 0. The lowest BCUT2D eigenvalue weighted by atomic mass is 9.90. The molecule has 10 heteroatoms. The second-order valence-corrected chi connectivity index (χ2v) is 10.9. The molecule has 4 aromatic rings. The molecule has 0 bridgehead atoms. The van der Waals surface area contributed by atoms with E-state index in [4.69, 9.17) is 29.5 Å². The monoisotopic (exact) mass is 516 g/mol. The maximum atomic E-state index is 5.59. The number of nitrogens with one attached hydrogen (secondary N) is 1. The van der Waals surface area contributed by atoms with Crippen LogP contribution in [0.25, 0.3) is 27.8 Å². The fraction of sp³-hybridized carbons (Fsp3) is 0.571. The fourth-order valence-corrected chi connectivity index (χ4v) is 6.56. The second kappa shape index (κ2) is 10.2. The van der Waals surface area contributed by atoms with Crippen molar-refractivity contribution >= 4 is 22.6 Å². The fourth-order valence-electron chi connectivity index (χ4n) is 6.56. The highest BCUT2D eigenvalue weighted by molar-refractivity contribution is 5.85. The molecule has 0 atom stereocenters. The molecule has 0 spiro atoms. The van der Waals surface area contributed by atoms with E-state index in [0.29, 0.717) is 24.1 Å². The lowest BCUT2D eigenvalue weighted by Crippen LogP contribution is -2.46. The smallest absolute Gasteiger partial charge is 0.241 e. The van der Waals surface area contributed by atoms with Crippen LogP contribution in [0.15, 0.2) is 30.7 Å². The first-order chi connectivity index (χ1) is 18.7. The zero-order valence-corrected chi connectivity index (χ0v) is 22.1. The highest BCUT2D eigenvalue weighted by Gasteiger charge is 2.27. The van der Waals surface area contributed by atoms with E-state index in [2.05, 4.69) is 33.8 Å². The van der Waals surface area contributed by atoms with Crippen molar-refractivity contribution in [3.05, 3.63) is 36.5 Å². The summed E-state index contributed by atoms with van der Waals surface area (Å²) >= 11 is 0. The standard InChI is InChI=1S/C28H36N8O2/c1-19-31-27-25(36(19)23-7-12-37-13-8-23)16-20(17-29-27)24-6-9-35-26(24)18-30-28(33-35)32-21-2-4-22(5-3-21)34-10-14-38-15-11-34/h6,9,16-18,21-23H,2-5,7-8,10-15H2,1H3,(H,32,33)/t21-,22+. The number of aryl methyl sites for hydroxylation is 1. The molecule has 4 aromatic heterocycles. The van der Waals surface area contributed by atoms with Gasteiger partial charge in [0, 0.05) is 67.9 Å². The van der Waals surface area contributed by atoms with Crippen LogP contribution in [0.1, 0.15) is 50.4 Å². The molecule has 10 nitrogen and oxygen atoms in total. The molecule has 1 saturated carbocycles. The average Bonchev–Trinajstić information content (AvgIpc) is 3.53. The van der Waals surface area contributed by atoms with Gasteiger partial charge in [0.25, 0.3) is 0 Å². The molecule has 0 radical (unpaired) electrons. The van der Waals surface area contributed by atoms with Gasteiger partial charge in [-0.15, -0.1) is 5.10 Å². The van der Waals surface area contributed by atoms with Gasteiger partial charge in [-0.2, -0.15) is 0 Å². The normalized spacial score (nSPS) is 23.8. The number of nitrogens with zero attached hydrogens (tertiary/aromatic N) is 7. The van der Waals surface area contributed by atoms with Gasteiger partial charge >= 0.3 is 0 Å². The number of fused-ring (bicyclic) bond motifs is 2. The minimum atomic E-state index is 0.400. The zero-order valence-electron chi connectivity index (χ0n) is 22.1. The van der Waals surface area contributed by atoms with E-state index < -0.39 is 0 Å². The Bertz CT molecular complexity index is 1410. The topological polar surface area (TPSA) is 94.6 Å². The Hall–Kier alpha value is -3.08. The number of anilines is 1. The summed E-state index contributed by atoms with van der Waals surface area (Å²) in [5.41, 5.74) is 4.99. The first kappa shape index (κ1) is 24.0. The Labute approximate surface area is 222 Å². The molecule has 3 aliphatic rings. The quantitative estimate of drug-likeness (QED) is 0.427. The maximum absolute atomic E-state index is 5.59. The van der Waals surface area contributed by atoms with Gasteiger partial charge in [0.1, 0.15) is 5.82 Å². The molecular formula is C28H36N8O2. The van der Waals surface area contributed by atoms with Crippen LogP contribution >= 0.6 is 0 Å². The molecule has 0 aromatic carbocycles. The predicted octanol–water partition coefficient (Wildman–Crippen LogP) is 3.86. The number of rotatable bonds is 5. The van der Waals surface area contributed by atoms with Crippen LogP contribution in [0, 0.1) is 6.92 Å². The zero-order chi connectivity index (χ0) is 25.5. The van der Waals surface area contributed by atoms with Crippen molar-refractivity contribution in [3.63, 3.8) is 0 Å². The minimum absolute atomic E-state index is 0.400. The third-order valence-electron chi connectivity index (χ3n) is 8.60. The van der Waals surface area contributed by atoms with Crippen LogP contribution in [-0.2, 0) is 9.47 Å². The number of pyridine rings is 1. The van der Waals surface area contributed by atoms with Crippen molar-refractivity contribution in [2.24, 2.45) is 0 Å². The highest BCUT2D eigenvalue weighted by Crippen LogP contribution is 2.32. The molecule has 0 unspecified atom stereocenters. The van der Waals surface area contributed by atoms with Gasteiger partial charge < -0.3 is 19.4 Å². The number of aromatic nitrogens is 6. The number of ether oxygens (including phenoxy) is 2. The van der Waals surface area contributed by atoms with Crippen molar-refractivity contribution in [2.45, 2.75) is 63.6 Å². The molecule has 0 amide bonds. The van der Waals surface area contributed by atoms with Crippen LogP contribution in [0.2, 0.25) is 0 Å². The number of hydrogen-bond acceptors (Lipinski definition) is 8. The summed E-state index contributed by atoms with van der Waals surface area (Å²) < 4.78 is 15.4. The van der Waals surface area contributed by atoms with E-state index in [1.165, 1.54) is 12.8 Å². The van der Waals surface area contributed by atoms with Crippen LogP contribution in [0.3, 0.4) is 0 Å². The van der Waals surface area contributed by atoms with Crippen LogP contribution in [0.5, 0.6) is 0 Å². The Balaban J connectivity index is 1.09. The highest BCUT2D eigenvalue weighted by atomic mass is 16.5. The van der Waals surface area contributed by atoms with Gasteiger partial charge in [-0.05, 0) is 57.6 Å². The van der Waals surface area contributed by atoms with Gasteiger partial charge in [-0.25, -0.2) is 19.5 Å². The molecule has 1 aliphatic carbocycles. The molecule has 2 aliphatic heterocycles. The Morgan fingerprint density at radius 3 is 2.47 bits per heavy atom. The molecule has 7 rings (SSSR count). The molecular weight excluding hydrogens is 480 g/mol. The number of morpholine rings is 1. The van der Waals surface area contributed by atoms with Crippen molar-refractivity contribution in [2.75, 3.05) is 44.8 Å². The summed E-state index contributed by atoms with van der Waals surface area (Å²) in [6.45, 7) is 7.54. The van der Waals surface area contributed by atoms with Crippen molar-refractivity contribution in [1.82, 2.24) is 34.0 Å². The molecule has 1 N–H and O–H groups in total. The summed E-state index contributed by atoms with van der Waals surface area (Å²) in [5, 5.41) is 8.39. The Kier molecular flexibility index (Phi) is 6.46. The summed E-state index contributed by atoms with van der Waals surface area (Å²) in [5.74, 6) is 1.70. The van der Waals surface area contributed by atoms with E-state index in [0.717, 1.165) is 98.8 Å². The van der Waals surface area contributed by atoms with Gasteiger partial charge in [-0.3, -0.25) is 4.90 Å². The largest absolute Gasteiger partial charge is 0.381 e. The van der Waals surface area contributed by atoms with Crippen LogP contribution in [-0.4, -0.2) is 85.6 Å². The van der Waals surface area contributed by atoms with Crippen molar-refractivity contribution < 1.29 is 9.47 Å². The maximum Gasteiger partial charge on any atom is 0.241 e. The molecule has 200 valence electrons. The predicted molar refractivity (Wildman–Crippen MR) is 145 cm³/mol.